The van der Waals surface area contributed by atoms with Gasteiger partial charge in [0.25, 0.3) is 17.8 Å². The van der Waals surface area contributed by atoms with Gasteiger partial charge < -0.3 is 96.3 Å². The van der Waals surface area contributed by atoms with Crippen LogP contribution < -0.4 is 76.1 Å². The molecule has 0 aliphatic heterocycles. The van der Waals surface area contributed by atoms with E-state index in [-0.39, 0.29) is 104 Å². The number of ether oxygens (including phenoxy) is 8. The van der Waals surface area contributed by atoms with Gasteiger partial charge in [-0.2, -0.15) is 0 Å². The Kier molecular flexibility index (Phi) is 31.2. The highest BCUT2D eigenvalue weighted by atomic mass is 35.5. The average Bonchev–Trinajstić information content (AvgIpc) is 4.31. The Morgan fingerprint density at radius 2 is 0.953 bits per heavy atom. The minimum Gasteiger partial charge on any atom is -0.502 e. The van der Waals surface area contributed by atoms with E-state index >= 15 is 0 Å². The van der Waals surface area contributed by atoms with Gasteiger partial charge in [0, 0.05) is 58.9 Å². The van der Waals surface area contributed by atoms with Crippen LogP contribution in [0.5, 0.6) is 52.1 Å². The first kappa shape index (κ1) is 71.6. The van der Waals surface area contributed by atoms with Gasteiger partial charge >= 0.3 is 12.9 Å². The molecule has 29 heteroatoms. The van der Waals surface area contributed by atoms with Gasteiger partial charge in [0.1, 0.15) is 67.5 Å². The number of fused-ring (bicyclic) bond motifs is 2. The molecule has 8 N–H and O–H groups in total. The number of nitrogens with one attached hydrogen (secondary N) is 3. The lowest BCUT2D eigenvalue weighted by molar-refractivity contribution is -0.122. The van der Waals surface area contributed by atoms with E-state index in [1.807, 2.05) is 48.8 Å². The molecule has 28 nitrogen and oxygen atoms in total. The molecule has 7 heterocycles. The van der Waals surface area contributed by atoms with Crippen LogP contribution in [-0.4, -0.2) is 99.9 Å². The summed E-state index contributed by atoms with van der Waals surface area (Å²) in [5.41, 5.74) is 7.94. The Labute approximate surface area is 493 Å². The zero-order chi connectivity index (χ0) is 61.6. The van der Waals surface area contributed by atoms with Crippen LogP contribution in [-0.2, 0) is 35.6 Å². The molecule has 0 saturated carbocycles. The minimum absolute atomic E-state index is 0. The van der Waals surface area contributed by atoms with E-state index in [9.17, 15) is 38.4 Å². The van der Waals surface area contributed by atoms with Gasteiger partial charge in [-0.15, -0.1) is 12.4 Å². The first-order valence-electron chi connectivity index (χ1n) is 24.2. The minimum atomic E-state index is -0.546. The summed E-state index contributed by atoms with van der Waals surface area (Å²) in [4.78, 5) is 93.2. The summed E-state index contributed by atoms with van der Waals surface area (Å²) < 4.78 is 61.6. The fraction of sp³-hybridized carbons (Fsp3) is 0.228. The lowest BCUT2D eigenvalue weighted by Crippen LogP contribution is -2.26. The van der Waals surface area contributed by atoms with Gasteiger partial charge in [0.05, 0.1) is 54.8 Å². The van der Waals surface area contributed by atoms with Crippen molar-refractivity contribution in [3.05, 3.63) is 190 Å². The summed E-state index contributed by atoms with van der Waals surface area (Å²) in [6, 6.07) is 17.2. The smallest absolute Gasteiger partial charge is 0.300 e. The van der Waals surface area contributed by atoms with E-state index in [0.717, 1.165) is 89.2 Å². The number of amides is 1. The van der Waals surface area contributed by atoms with Crippen molar-refractivity contribution in [3.8, 4) is 52.1 Å². The summed E-state index contributed by atoms with van der Waals surface area (Å²) in [5.74, 6) is 1.10. The Morgan fingerprint density at radius 1 is 0.547 bits per heavy atom. The normalized spacial score (nSPS) is 9.73. The number of aliphatic hydroxyl groups excluding tert-OH is 2. The number of methoxy groups -OCH3 is 6. The molecule has 9 aromatic rings. The number of carbonyl (C=O) groups excluding carboxylic acids is 3. The Hall–Kier alpha value is -10.6. The average molecular weight is 1220 g/mol. The van der Waals surface area contributed by atoms with Gasteiger partial charge in [-0.05, 0) is 66.9 Å². The lowest BCUT2D eigenvalue weighted by atomic mass is 10.1. The zero-order valence-corrected chi connectivity index (χ0v) is 47.0. The summed E-state index contributed by atoms with van der Waals surface area (Å²) in [7, 11) is 8.72. The Balaban J connectivity index is 0.000000364. The molecule has 86 heavy (non-hydrogen) atoms. The molecule has 0 unspecified atom stereocenters. The monoisotopic (exact) mass is 1220 g/mol. The summed E-state index contributed by atoms with van der Waals surface area (Å²) >= 11 is 0. The second-order valence-corrected chi connectivity index (χ2v) is 16.1. The first-order chi connectivity index (χ1) is 40.5. The Morgan fingerprint density at radius 3 is 1.34 bits per heavy atom. The second kappa shape index (κ2) is 37.5. The third kappa shape index (κ3) is 21.6. The van der Waals surface area contributed by atoms with Crippen molar-refractivity contribution in [1.29, 1.82) is 0 Å². The molecule has 0 aliphatic rings. The maximum Gasteiger partial charge on any atom is 0.300 e. The molecule has 462 valence electrons. The molecule has 0 radical (unpaired) electrons. The fourth-order valence-corrected chi connectivity index (χ4v) is 6.68. The van der Waals surface area contributed by atoms with Crippen LogP contribution in [0.3, 0.4) is 0 Å². The van der Waals surface area contributed by atoms with Gasteiger partial charge in [-0.3, -0.25) is 38.4 Å². The molecule has 0 spiro atoms. The maximum absolute atomic E-state index is 12.1. The number of aromatic amines is 2. The number of nitrogens with two attached hydrogens (primary N) is 1. The number of rotatable bonds is 18. The third-order valence-electron chi connectivity index (χ3n) is 10.9. The number of hydrogen-bond donors (Lipinski definition) is 7. The highest BCUT2D eigenvalue weighted by Crippen LogP contribution is 2.25. The molecule has 0 fully saturated rings. The van der Waals surface area contributed by atoms with E-state index in [1.54, 1.807) is 14.2 Å². The van der Waals surface area contributed by atoms with Gasteiger partial charge in [-0.1, -0.05) is 7.43 Å². The van der Waals surface area contributed by atoms with Gasteiger partial charge in [-0.25, -0.2) is 0 Å². The van der Waals surface area contributed by atoms with Gasteiger partial charge in [0.2, 0.25) is 50.1 Å². The van der Waals surface area contributed by atoms with Crippen molar-refractivity contribution in [2.75, 3.05) is 55.7 Å². The fourth-order valence-electron chi connectivity index (χ4n) is 6.68. The molecule has 1 amide bonds. The lowest BCUT2D eigenvalue weighted by Gasteiger charge is -2.05. The first-order valence-corrected chi connectivity index (χ1v) is 24.2. The van der Waals surface area contributed by atoms with Crippen LogP contribution in [0.4, 0.5) is 0 Å². The highest BCUT2D eigenvalue weighted by Gasteiger charge is 2.13. The number of aromatic hydroxyl groups is 1. The van der Waals surface area contributed by atoms with Crippen molar-refractivity contribution in [2.24, 2.45) is 5.73 Å². The third-order valence-corrected chi connectivity index (χ3v) is 10.9. The molecule has 0 saturated heterocycles. The van der Waals surface area contributed by atoms with Crippen molar-refractivity contribution in [3.63, 3.8) is 0 Å². The van der Waals surface area contributed by atoms with E-state index in [0.29, 0.717) is 19.5 Å². The quantitative estimate of drug-likeness (QED) is 0.0543. The highest BCUT2D eigenvalue weighted by molar-refractivity contribution is 5.91. The number of carbonyl (C=O) groups is 3. The topological polar surface area (TPSA) is 406 Å². The molecule has 9 rings (SSSR count). The SMILES string of the molecule is C.COc1ccc2[nH]cc(CCN)c2c1.COc1ccc2[nH]cc(CCNC(=O)c3cc(=O)c(OC)co3)c2c1.COc1coc(CO)cc1=O.COc1coc(OC=O)cc1=O.COc1coc(OC=O)cc1=O.Cl.O=c1cc(CO)occ1O. The van der Waals surface area contributed by atoms with Crippen LogP contribution >= 0.6 is 12.4 Å². The standard InChI is InChI=1S/C18H18N2O5.C11H14N2O.2C7H6O5.C7H8O4.C6H6O4.CH4.ClH/c1-23-12-3-4-14-13(7-12)11(9-20-14)5-6-19-18(22)16-8-15(21)17(24-2)10-25-16;1-14-9-2-3-11-10(6-9)8(4-5-12)7-13-11;2*1-10-6-3-11-7(12-4-8)2-5(6)9;1-10-7-4-11-5(3-8)2-6(7)9;7-2-4-1-5(8)6(9)3-10-4;;/h3-4,7-10,20H,5-6H2,1-2H3,(H,19,22);2-3,6-7,13H,4-5,12H2,1H3;2*2-4H,1H3;2,4,8H,3H2,1H3;1,3,7,9H,2H2;1H4;1H. The van der Waals surface area contributed by atoms with E-state index in [4.69, 9.17) is 52.9 Å². The zero-order valence-electron chi connectivity index (χ0n) is 46.2. The van der Waals surface area contributed by atoms with E-state index in [1.165, 1.54) is 51.7 Å². The molecule has 0 aliphatic carbocycles. The molecule has 0 atom stereocenters. The van der Waals surface area contributed by atoms with Crippen LogP contribution in [0.1, 0.15) is 40.6 Å². The Bertz CT molecular complexity index is 3790. The maximum atomic E-state index is 12.1. The van der Waals surface area contributed by atoms with E-state index in [2.05, 4.69) is 43.4 Å². The van der Waals surface area contributed by atoms with Crippen LogP contribution in [0.25, 0.3) is 21.8 Å². The number of aromatic nitrogens is 2. The summed E-state index contributed by atoms with van der Waals surface area (Å²) in [5, 5.41) is 30.6. The van der Waals surface area contributed by atoms with Crippen molar-refractivity contribution in [1.82, 2.24) is 15.3 Å². The second-order valence-electron chi connectivity index (χ2n) is 16.1. The summed E-state index contributed by atoms with van der Waals surface area (Å²) in [6.45, 7) is 0.799. The number of aliphatic hydroxyl groups is 2. The number of hydrogen-bond acceptors (Lipinski definition) is 25. The summed E-state index contributed by atoms with van der Waals surface area (Å²) in [6.07, 6.45) is 10.8. The molecule has 2 aromatic carbocycles. The van der Waals surface area contributed by atoms with Crippen LogP contribution in [0.2, 0.25) is 0 Å². The van der Waals surface area contributed by atoms with Crippen molar-refractivity contribution >= 4 is 53.1 Å². The molecular formula is C57H63ClN4O24. The number of halogens is 1. The van der Waals surface area contributed by atoms with Crippen LogP contribution in [0, 0.1) is 0 Å². The number of H-pyrrole nitrogens is 2. The predicted molar refractivity (Wildman–Crippen MR) is 310 cm³/mol. The predicted octanol–water partition coefficient (Wildman–Crippen LogP) is 5.19. The molecule has 0 bridgehead atoms. The number of benzene rings is 2. The largest absolute Gasteiger partial charge is 0.502 e. The molecule has 7 aromatic heterocycles. The van der Waals surface area contributed by atoms with Crippen molar-refractivity contribution in [2.45, 2.75) is 33.5 Å². The van der Waals surface area contributed by atoms with Crippen molar-refractivity contribution < 1.29 is 89.7 Å². The van der Waals surface area contributed by atoms with Crippen LogP contribution in [0.15, 0.2) is 156 Å². The van der Waals surface area contributed by atoms with Gasteiger partial charge in [0.15, 0.2) is 11.5 Å². The molecular weight excluding hydrogens is 1160 g/mol. The van der Waals surface area contributed by atoms with E-state index < -0.39 is 33.4 Å².